The zero-order chi connectivity index (χ0) is 9.65. The summed E-state index contributed by atoms with van der Waals surface area (Å²) in [6, 6.07) is 0. The third-order valence-corrected chi connectivity index (χ3v) is 0.357. The Hall–Kier alpha value is 0.300. The molecule has 9 heteroatoms. The first kappa shape index (κ1) is 18.2. The Balaban J connectivity index is -0.000000126. The Morgan fingerprint density at radius 3 is 1.58 bits per heavy atom. The van der Waals surface area contributed by atoms with E-state index in [0.29, 0.717) is 0 Å². The van der Waals surface area contributed by atoms with Crippen molar-refractivity contribution in [3.8, 4) is 0 Å². The van der Waals surface area contributed by atoms with Crippen LogP contribution in [0.4, 0.5) is 0 Å². The van der Waals surface area contributed by atoms with Gasteiger partial charge in [-0.3, -0.25) is 4.55 Å². The quantitative estimate of drug-likeness (QED) is 0.225. The SMILES string of the molecule is CC(O)C(=O)O.O=S(=O)([O-])O.[Na+]. The fourth-order valence-corrected chi connectivity index (χ4v) is 0. The fraction of sp³-hybridized carbons (Fsp3) is 0.667. The molecule has 0 aromatic rings. The van der Waals surface area contributed by atoms with Gasteiger partial charge in [-0.25, -0.2) is 13.2 Å². The smallest absolute Gasteiger partial charge is 0.726 e. The molecule has 0 radical (unpaired) electrons. The second kappa shape index (κ2) is 7.92. The Kier molecular flexibility index (Phi) is 12.0. The van der Waals surface area contributed by atoms with Gasteiger partial charge in [0.05, 0.1) is 0 Å². The van der Waals surface area contributed by atoms with E-state index in [0.717, 1.165) is 0 Å². The molecule has 0 aromatic heterocycles. The average molecular weight is 210 g/mol. The van der Waals surface area contributed by atoms with Gasteiger partial charge in [-0.05, 0) is 6.92 Å². The molecule has 0 amide bonds. The van der Waals surface area contributed by atoms with Crippen LogP contribution in [-0.4, -0.2) is 39.8 Å². The van der Waals surface area contributed by atoms with Crippen molar-refractivity contribution in [2.24, 2.45) is 0 Å². The summed E-state index contributed by atoms with van der Waals surface area (Å²) >= 11 is 0. The Bertz CT molecular complexity index is 199. The van der Waals surface area contributed by atoms with Crippen LogP contribution in [0.15, 0.2) is 0 Å². The van der Waals surface area contributed by atoms with E-state index in [-0.39, 0.29) is 29.6 Å². The van der Waals surface area contributed by atoms with Gasteiger partial charge >= 0.3 is 35.5 Å². The second-order valence-corrected chi connectivity index (χ2v) is 2.30. The predicted octanol–water partition coefficient (Wildman–Crippen LogP) is -4.54. The van der Waals surface area contributed by atoms with Gasteiger partial charge in [-0.15, -0.1) is 0 Å². The van der Waals surface area contributed by atoms with E-state index in [1.807, 2.05) is 0 Å². The van der Waals surface area contributed by atoms with Crippen LogP contribution in [0.5, 0.6) is 0 Å². The van der Waals surface area contributed by atoms with Crippen molar-refractivity contribution in [2.45, 2.75) is 13.0 Å². The third kappa shape index (κ3) is 48.2. The monoisotopic (exact) mass is 210 g/mol. The summed E-state index contributed by atoms with van der Waals surface area (Å²) in [6.07, 6.45) is -1.23. The van der Waals surface area contributed by atoms with Gasteiger partial charge in [-0.2, -0.15) is 0 Å². The number of carboxylic acid groups (broad SMARTS) is 1. The van der Waals surface area contributed by atoms with Gasteiger partial charge in [0.1, 0.15) is 6.10 Å². The van der Waals surface area contributed by atoms with Crippen molar-refractivity contribution >= 4 is 16.4 Å². The molecule has 0 aliphatic rings. The molecule has 0 saturated heterocycles. The molecule has 1 unspecified atom stereocenters. The van der Waals surface area contributed by atoms with Crippen molar-refractivity contribution in [2.75, 3.05) is 0 Å². The summed E-state index contributed by atoms with van der Waals surface area (Å²) in [5, 5.41) is 15.8. The third-order valence-electron chi connectivity index (χ3n) is 0.357. The van der Waals surface area contributed by atoms with Gasteiger partial charge in [0, 0.05) is 0 Å². The second-order valence-electron chi connectivity index (χ2n) is 1.44. The molecule has 0 saturated carbocycles. The summed E-state index contributed by atoms with van der Waals surface area (Å²) < 4.78 is 32.8. The number of aliphatic hydroxyl groups is 1. The molecule has 0 bridgehead atoms. The van der Waals surface area contributed by atoms with Crippen molar-refractivity contribution in [1.29, 1.82) is 0 Å². The number of rotatable bonds is 1. The molecule has 0 rings (SSSR count). The van der Waals surface area contributed by atoms with Crippen LogP contribution in [0.3, 0.4) is 0 Å². The van der Waals surface area contributed by atoms with Crippen LogP contribution in [0.1, 0.15) is 6.92 Å². The van der Waals surface area contributed by atoms with E-state index in [2.05, 4.69) is 0 Å². The Morgan fingerprint density at radius 2 is 1.58 bits per heavy atom. The average Bonchev–Trinajstić information content (AvgIpc) is 1.59. The zero-order valence-electron chi connectivity index (χ0n) is 6.46. The molecule has 0 aromatic carbocycles. The molecule has 3 N–H and O–H groups in total. The van der Waals surface area contributed by atoms with Crippen LogP contribution in [-0.2, 0) is 15.2 Å². The minimum atomic E-state index is -4.92. The molecule has 0 heterocycles. The van der Waals surface area contributed by atoms with Gasteiger partial charge in [0.25, 0.3) is 0 Å². The topological polar surface area (TPSA) is 135 Å². The standard InChI is InChI=1S/C3H6O3.Na.H2O4S/c1-2(4)3(5)6;;1-5(2,3)4/h2,4H,1H3,(H,5,6);;(H2,1,2,3,4)/q;+1;/p-1. The zero-order valence-corrected chi connectivity index (χ0v) is 9.28. The summed E-state index contributed by atoms with van der Waals surface area (Å²) in [6.45, 7) is 1.20. The summed E-state index contributed by atoms with van der Waals surface area (Å²) in [5.74, 6) is -1.19. The van der Waals surface area contributed by atoms with Crippen molar-refractivity contribution in [3.05, 3.63) is 0 Å². The van der Waals surface area contributed by atoms with Crippen LogP contribution in [0, 0.1) is 0 Å². The molecular formula is C3H7NaO7S. The first-order chi connectivity index (χ1) is 4.64. The molecule has 1 atom stereocenters. The van der Waals surface area contributed by atoms with E-state index in [1.54, 1.807) is 0 Å². The van der Waals surface area contributed by atoms with Gasteiger partial charge in [0.15, 0.2) is 0 Å². The summed E-state index contributed by atoms with van der Waals surface area (Å²) in [5.41, 5.74) is 0. The molecule has 68 valence electrons. The molecule has 0 spiro atoms. The van der Waals surface area contributed by atoms with E-state index in [9.17, 15) is 4.79 Å². The van der Waals surface area contributed by atoms with E-state index >= 15 is 0 Å². The van der Waals surface area contributed by atoms with Gasteiger partial charge in [0.2, 0.25) is 10.4 Å². The van der Waals surface area contributed by atoms with Crippen LogP contribution >= 0.6 is 0 Å². The number of hydrogen-bond donors (Lipinski definition) is 3. The number of aliphatic carboxylic acids is 1. The van der Waals surface area contributed by atoms with Gasteiger partial charge < -0.3 is 14.8 Å². The van der Waals surface area contributed by atoms with Crippen LogP contribution in [0.25, 0.3) is 0 Å². The normalized spacial score (nSPS) is 11.7. The first-order valence-corrected chi connectivity index (χ1v) is 3.60. The van der Waals surface area contributed by atoms with E-state index in [1.165, 1.54) is 6.92 Å². The number of aliphatic hydroxyl groups excluding tert-OH is 1. The Labute approximate surface area is 91.3 Å². The van der Waals surface area contributed by atoms with E-state index in [4.69, 9.17) is 27.7 Å². The largest absolute Gasteiger partial charge is 1.00 e. The van der Waals surface area contributed by atoms with Crippen molar-refractivity contribution in [3.63, 3.8) is 0 Å². The molecule has 0 aliphatic heterocycles. The fourth-order valence-electron chi connectivity index (χ4n) is 0. The minimum absolute atomic E-state index is 0. The molecule has 0 fully saturated rings. The molecule has 0 aliphatic carbocycles. The van der Waals surface area contributed by atoms with Crippen LogP contribution < -0.4 is 29.6 Å². The van der Waals surface area contributed by atoms with Crippen molar-refractivity contribution < 1.29 is 62.1 Å². The van der Waals surface area contributed by atoms with Gasteiger partial charge in [-0.1, -0.05) is 0 Å². The predicted molar refractivity (Wildman–Crippen MR) is 31.6 cm³/mol. The maximum absolute atomic E-state index is 9.45. The number of carboxylic acids is 1. The van der Waals surface area contributed by atoms with Crippen molar-refractivity contribution in [1.82, 2.24) is 0 Å². The summed E-state index contributed by atoms with van der Waals surface area (Å²) in [4.78, 5) is 9.45. The maximum Gasteiger partial charge on any atom is 1.00 e. The van der Waals surface area contributed by atoms with Crippen LogP contribution in [0.2, 0.25) is 0 Å². The molecular weight excluding hydrogens is 203 g/mol. The molecule has 12 heavy (non-hydrogen) atoms. The first-order valence-electron chi connectivity index (χ1n) is 2.23. The van der Waals surface area contributed by atoms with E-state index < -0.39 is 22.5 Å². The maximum atomic E-state index is 9.45. The molecule has 7 nitrogen and oxygen atoms in total. The minimum Gasteiger partial charge on any atom is -0.726 e. The number of hydrogen-bond acceptors (Lipinski definition) is 5. The summed E-state index contributed by atoms with van der Waals surface area (Å²) in [7, 11) is -4.92. The number of carbonyl (C=O) groups is 1. The Morgan fingerprint density at radius 1 is 1.50 bits per heavy atom.